The number of anilines is 2. The third-order valence-corrected chi connectivity index (χ3v) is 3.18. The number of benzene rings is 2. The van der Waals surface area contributed by atoms with E-state index in [9.17, 15) is 8.78 Å². The van der Waals surface area contributed by atoms with E-state index in [1.54, 1.807) is 29.2 Å². The highest BCUT2D eigenvalue weighted by molar-refractivity contribution is 6.17. The standard InChI is InChI=1S/C15H14ClF2N/c1-2-19(15-6-4-3-5-14(15)18)13-8-11(10-16)7-12(17)9-13/h3-9H,2,10H2,1H3. The molecule has 0 radical (unpaired) electrons. The molecular formula is C15H14ClF2N. The van der Waals surface area contributed by atoms with E-state index in [-0.39, 0.29) is 17.5 Å². The number of alkyl halides is 1. The van der Waals surface area contributed by atoms with Gasteiger partial charge in [-0.2, -0.15) is 0 Å². The summed E-state index contributed by atoms with van der Waals surface area (Å²) in [7, 11) is 0. The van der Waals surface area contributed by atoms with Crippen molar-refractivity contribution < 1.29 is 8.78 Å². The van der Waals surface area contributed by atoms with Crippen LogP contribution in [0.3, 0.4) is 0 Å². The molecule has 0 spiro atoms. The number of rotatable bonds is 4. The summed E-state index contributed by atoms with van der Waals surface area (Å²) in [5.41, 5.74) is 1.70. The summed E-state index contributed by atoms with van der Waals surface area (Å²) in [5.74, 6) is -0.483. The van der Waals surface area contributed by atoms with E-state index in [1.807, 2.05) is 6.92 Å². The van der Waals surface area contributed by atoms with Crippen LogP contribution in [0.1, 0.15) is 12.5 Å². The molecule has 0 aliphatic heterocycles. The highest BCUT2D eigenvalue weighted by Crippen LogP contribution is 2.29. The predicted molar refractivity (Wildman–Crippen MR) is 75.0 cm³/mol. The second-order valence-corrected chi connectivity index (χ2v) is 4.41. The third-order valence-electron chi connectivity index (χ3n) is 2.87. The molecule has 1 nitrogen and oxygen atoms in total. The van der Waals surface area contributed by atoms with Gasteiger partial charge in [-0.25, -0.2) is 8.78 Å². The van der Waals surface area contributed by atoms with Crippen molar-refractivity contribution in [2.75, 3.05) is 11.4 Å². The first-order chi connectivity index (χ1) is 9.15. The van der Waals surface area contributed by atoms with Crippen LogP contribution < -0.4 is 4.90 Å². The molecule has 0 saturated carbocycles. The molecule has 0 bridgehead atoms. The Morgan fingerprint density at radius 2 is 1.84 bits per heavy atom. The van der Waals surface area contributed by atoms with Gasteiger partial charge in [0.05, 0.1) is 5.69 Å². The molecule has 0 saturated heterocycles. The third kappa shape index (κ3) is 3.04. The van der Waals surface area contributed by atoms with Gasteiger partial charge >= 0.3 is 0 Å². The summed E-state index contributed by atoms with van der Waals surface area (Å²) in [6.45, 7) is 2.42. The van der Waals surface area contributed by atoms with Crippen LogP contribution in [0.2, 0.25) is 0 Å². The summed E-state index contributed by atoms with van der Waals surface area (Å²) in [6.07, 6.45) is 0. The molecule has 0 aromatic heterocycles. The van der Waals surface area contributed by atoms with Gasteiger partial charge in [-0.15, -0.1) is 11.6 Å². The van der Waals surface area contributed by atoms with E-state index in [0.717, 1.165) is 0 Å². The average Bonchev–Trinajstić information content (AvgIpc) is 2.41. The molecule has 0 aliphatic carbocycles. The van der Waals surface area contributed by atoms with Gasteiger partial charge in [0.1, 0.15) is 11.6 Å². The quantitative estimate of drug-likeness (QED) is 0.723. The minimum absolute atomic E-state index is 0.222. The lowest BCUT2D eigenvalue weighted by Crippen LogP contribution is -2.17. The van der Waals surface area contributed by atoms with Gasteiger partial charge in [-0.05, 0) is 42.8 Å². The zero-order chi connectivity index (χ0) is 13.8. The van der Waals surface area contributed by atoms with Crippen molar-refractivity contribution >= 4 is 23.0 Å². The molecule has 0 aliphatic rings. The van der Waals surface area contributed by atoms with E-state index in [0.29, 0.717) is 23.5 Å². The van der Waals surface area contributed by atoms with E-state index in [1.165, 1.54) is 18.2 Å². The second-order valence-electron chi connectivity index (χ2n) is 4.15. The van der Waals surface area contributed by atoms with E-state index in [4.69, 9.17) is 11.6 Å². The minimum atomic E-state index is -0.372. The van der Waals surface area contributed by atoms with Gasteiger partial charge in [-0.3, -0.25) is 0 Å². The van der Waals surface area contributed by atoms with Crippen molar-refractivity contribution in [1.29, 1.82) is 0 Å². The monoisotopic (exact) mass is 281 g/mol. The van der Waals surface area contributed by atoms with Crippen molar-refractivity contribution in [3.8, 4) is 0 Å². The molecular weight excluding hydrogens is 268 g/mol. The van der Waals surface area contributed by atoms with Crippen molar-refractivity contribution in [3.05, 3.63) is 59.7 Å². The molecule has 100 valence electrons. The Morgan fingerprint density at radius 1 is 1.11 bits per heavy atom. The van der Waals surface area contributed by atoms with Gasteiger partial charge in [0.2, 0.25) is 0 Å². The minimum Gasteiger partial charge on any atom is -0.339 e. The number of hydrogen-bond acceptors (Lipinski definition) is 1. The normalized spacial score (nSPS) is 10.5. The van der Waals surface area contributed by atoms with Gasteiger partial charge in [0, 0.05) is 18.1 Å². The lowest BCUT2D eigenvalue weighted by Gasteiger charge is -2.24. The van der Waals surface area contributed by atoms with Crippen LogP contribution in [0.5, 0.6) is 0 Å². The van der Waals surface area contributed by atoms with E-state index < -0.39 is 0 Å². The van der Waals surface area contributed by atoms with E-state index in [2.05, 4.69) is 0 Å². The fourth-order valence-corrected chi connectivity index (χ4v) is 2.18. The van der Waals surface area contributed by atoms with Crippen LogP contribution in [-0.4, -0.2) is 6.54 Å². The summed E-state index contributed by atoms with van der Waals surface area (Å²) >= 11 is 5.74. The Morgan fingerprint density at radius 3 is 2.47 bits per heavy atom. The fraction of sp³-hybridized carbons (Fsp3) is 0.200. The molecule has 0 unspecified atom stereocenters. The number of para-hydroxylation sites is 1. The molecule has 2 aromatic carbocycles. The summed E-state index contributed by atoms with van der Waals surface area (Å²) in [5, 5.41) is 0. The maximum Gasteiger partial charge on any atom is 0.146 e. The van der Waals surface area contributed by atoms with Crippen LogP contribution >= 0.6 is 11.6 Å². The topological polar surface area (TPSA) is 3.24 Å². The van der Waals surface area contributed by atoms with Crippen LogP contribution in [-0.2, 0) is 5.88 Å². The van der Waals surface area contributed by atoms with Crippen molar-refractivity contribution in [1.82, 2.24) is 0 Å². The van der Waals surface area contributed by atoms with Gasteiger partial charge in [0.15, 0.2) is 0 Å². The molecule has 0 N–H and O–H groups in total. The lowest BCUT2D eigenvalue weighted by molar-refractivity contribution is 0.621. The number of nitrogens with zero attached hydrogens (tertiary/aromatic N) is 1. The zero-order valence-electron chi connectivity index (χ0n) is 10.5. The molecule has 2 aromatic rings. The van der Waals surface area contributed by atoms with Crippen LogP contribution in [0.25, 0.3) is 0 Å². The zero-order valence-corrected chi connectivity index (χ0v) is 11.3. The molecule has 0 heterocycles. The summed E-state index contributed by atoms with van der Waals surface area (Å²) in [4.78, 5) is 1.72. The maximum atomic E-state index is 13.8. The van der Waals surface area contributed by atoms with Gasteiger partial charge < -0.3 is 4.90 Å². The van der Waals surface area contributed by atoms with Gasteiger partial charge in [0.25, 0.3) is 0 Å². The molecule has 2 rings (SSSR count). The SMILES string of the molecule is CCN(c1cc(F)cc(CCl)c1)c1ccccc1F. The molecule has 19 heavy (non-hydrogen) atoms. The Hall–Kier alpha value is -1.61. The number of hydrogen-bond donors (Lipinski definition) is 0. The first-order valence-electron chi connectivity index (χ1n) is 6.03. The van der Waals surface area contributed by atoms with Crippen molar-refractivity contribution in [2.45, 2.75) is 12.8 Å². The smallest absolute Gasteiger partial charge is 0.146 e. The highest BCUT2D eigenvalue weighted by atomic mass is 35.5. The predicted octanol–water partition coefficient (Wildman–Crippen LogP) is 4.86. The Bertz CT molecular complexity index is 572. The maximum absolute atomic E-state index is 13.8. The number of halogens is 3. The van der Waals surface area contributed by atoms with Gasteiger partial charge in [-0.1, -0.05) is 12.1 Å². The molecule has 0 atom stereocenters. The Labute approximate surface area is 116 Å². The largest absolute Gasteiger partial charge is 0.339 e. The Kier molecular flexibility index (Phi) is 4.38. The average molecular weight is 282 g/mol. The van der Waals surface area contributed by atoms with E-state index >= 15 is 0 Å². The second kappa shape index (κ2) is 6.02. The first-order valence-corrected chi connectivity index (χ1v) is 6.56. The summed E-state index contributed by atoms with van der Waals surface area (Å²) in [6, 6.07) is 11.0. The lowest BCUT2D eigenvalue weighted by atomic mass is 10.1. The van der Waals surface area contributed by atoms with Crippen LogP contribution in [0.4, 0.5) is 20.2 Å². The summed E-state index contributed by atoms with van der Waals surface area (Å²) < 4.78 is 27.4. The Balaban J connectivity index is 2.48. The van der Waals surface area contributed by atoms with Crippen LogP contribution in [0.15, 0.2) is 42.5 Å². The highest BCUT2D eigenvalue weighted by Gasteiger charge is 2.13. The fourth-order valence-electron chi connectivity index (χ4n) is 2.03. The first kappa shape index (κ1) is 13.8. The molecule has 0 amide bonds. The van der Waals surface area contributed by atoms with Crippen LogP contribution in [0, 0.1) is 11.6 Å². The van der Waals surface area contributed by atoms with Crippen molar-refractivity contribution in [2.24, 2.45) is 0 Å². The molecule has 4 heteroatoms. The van der Waals surface area contributed by atoms with Crippen molar-refractivity contribution in [3.63, 3.8) is 0 Å². The molecule has 0 fully saturated rings.